The fourth-order valence-electron chi connectivity index (χ4n) is 4.06. The molecule has 1 aromatic heterocycles. The van der Waals surface area contributed by atoms with E-state index in [-0.39, 0.29) is 10.6 Å². The van der Waals surface area contributed by atoms with Gasteiger partial charge in [-0.3, -0.25) is 4.31 Å². The third kappa shape index (κ3) is 2.63. The van der Waals surface area contributed by atoms with Crippen LogP contribution in [0.5, 0.6) is 0 Å². The Morgan fingerprint density at radius 1 is 0.889 bits per heavy atom. The molecule has 2 N–H and O–H groups in total. The van der Waals surface area contributed by atoms with E-state index in [1.54, 1.807) is 12.1 Å². The zero-order valence-electron chi connectivity index (χ0n) is 14.7. The molecule has 3 aromatic rings. The number of benzene rings is 2. The minimum absolute atomic E-state index is 0.185. The number of nitrogens with one attached hydrogen (secondary N) is 2. The van der Waals surface area contributed by atoms with E-state index >= 15 is 0 Å². The van der Waals surface area contributed by atoms with Crippen molar-refractivity contribution in [2.24, 2.45) is 0 Å². The molecule has 2 aliphatic rings. The first-order valence-electron chi connectivity index (χ1n) is 9.15. The Morgan fingerprint density at radius 3 is 2.48 bits per heavy atom. The van der Waals surface area contributed by atoms with Crippen LogP contribution in [0.2, 0.25) is 0 Å². The predicted octanol–water partition coefficient (Wildman–Crippen LogP) is 2.21. The van der Waals surface area contributed by atoms with Crippen LogP contribution >= 0.6 is 0 Å². The van der Waals surface area contributed by atoms with Crippen molar-refractivity contribution < 1.29 is 8.42 Å². The van der Waals surface area contributed by atoms with Crippen molar-refractivity contribution in [3.8, 4) is 0 Å². The minimum Gasteiger partial charge on any atom is -0.371 e. The maximum absolute atomic E-state index is 13.3. The highest BCUT2D eigenvalue weighted by atomic mass is 32.2. The number of imidazole rings is 1. The molecule has 3 heterocycles. The summed E-state index contributed by atoms with van der Waals surface area (Å²) in [4.78, 5) is 19.2. The van der Waals surface area contributed by atoms with Gasteiger partial charge in [-0.05, 0) is 55.2 Å². The maximum Gasteiger partial charge on any atom is 0.323 e. The van der Waals surface area contributed by atoms with Crippen molar-refractivity contribution in [1.82, 2.24) is 9.97 Å². The number of hydrogen-bond donors (Lipinski definition) is 2. The second-order valence-corrected chi connectivity index (χ2v) is 8.98. The Hall–Kier alpha value is -2.74. The fourth-order valence-corrected chi connectivity index (χ4v) is 5.58. The highest BCUT2D eigenvalue weighted by molar-refractivity contribution is 7.92. The average Bonchev–Trinajstić information content (AvgIpc) is 3.38. The fraction of sp³-hybridized carbons (Fsp3) is 0.316. The van der Waals surface area contributed by atoms with Crippen LogP contribution in [-0.4, -0.2) is 38.0 Å². The Kier molecular flexibility index (Phi) is 3.58. The summed E-state index contributed by atoms with van der Waals surface area (Å²) < 4.78 is 28.1. The van der Waals surface area contributed by atoms with Crippen LogP contribution in [0.25, 0.3) is 11.0 Å². The van der Waals surface area contributed by atoms with E-state index in [1.807, 2.05) is 12.1 Å². The summed E-state index contributed by atoms with van der Waals surface area (Å²) in [6.45, 7) is 2.47. The third-order valence-electron chi connectivity index (χ3n) is 5.47. The monoisotopic (exact) mass is 384 g/mol. The van der Waals surface area contributed by atoms with Gasteiger partial charge >= 0.3 is 5.69 Å². The van der Waals surface area contributed by atoms with Crippen molar-refractivity contribution in [1.29, 1.82) is 0 Å². The summed E-state index contributed by atoms with van der Waals surface area (Å²) in [5.41, 5.74) is 3.64. The highest BCUT2D eigenvalue weighted by Crippen LogP contribution is 2.36. The predicted molar refractivity (Wildman–Crippen MR) is 105 cm³/mol. The summed E-state index contributed by atoms with van der Waals surface area (Å²) in [6, 6.07) is 10.8. The number of nitrogens with zero attached hydrogens (tertiary/aromatic N) is 2. The van der Waals surface area contributed by atoms with Crippen LogP contribution in [0.15, 0.2) is 46.1 Å². The van der Waals surface area contributed by atoms with Crippen molar-refractivity contribution in [3.05, 3.63) is 52.4 Å². The van der Waals surface area contributed by atoms with Crippen LogP contribution in [0.1, 0.15) is 18.4 Å². The molecule has 0 bridgehead atoms. The van der Waals surface area contributed by atoms with E-state index in [0.29, 0.717) is 24.0 Å². The lowest BCUT2D eigenvalue weighted by molar-refractivity contribution is 0.592. The largest absolute Gasteiger partial charge is 0.371 e. The highest BCUT2D eigenvalue weighted by Gasteiger charge is 2.32. The van der Waals surface area contributed by atoms with Gasteiger partial charge < -0.3 is 14.9 Å². The van der Waals surface area contributed by atoms with Crippen LogP contribution in [-0.2, 0) is 16.4 Å². The molecule has 5 rings (SSSR count). The molecule has 1 fully saturated rings. The second kappa shape index (κ2) is 5.88. The molecule has 1 saturated heterocycles. The molecule has 0 saturated carbocycles. The summed E-state index contributed by atoms with van der Waals surface area (Å²) in [5.74, 6) is 0. The molecule has 0 spiro atoms. The van der Waals surface area contributed by atoms with Crippen LogP contribution < -0.4 is 14.9 Å². The van der Waals surface area contributed by atoms with Gasteiger partial charge in [0.2, 0.25) is 0 Å². The van der Waals surface area contributed by atoms with Crippen LogP contribution in [0.3, 0.4) is 0 Å². The number of fused-ring (bicyclic) bond motifs is 2. The molecule has 8 heteroatoms. The molecular weight excluding hydrogens is 364 g/mol. The number of aromatic amines is 2. The zero-order valence-corrected chi connectivity index (χ0v) is 15.6. The minimum atomic E-state index is -3.70. The summed E-state index contributed by atoms with van der Waals surface area (Å²) in [6.07, 6.45) is 3.06. The van der Waals surface area contributed by atoms with Crippen LogP contribution in [0, 0.1) is 0 Å². The van der Waals surface area contributed by atoms with E-state index in [9.17, 15) is 13.2 Å². The summed E-state index contributed by atoms with van der Waals surface area (Å²) in [5, 5.41) is 0. The number of aromatic nitrogens is 2. The molecule has 140 valence electrons. The second-order valence-electron chi connectivity index (χ2n) is 7.12. The molecule has 27 heavy (non-hydrogen) atoms. The van der Waals surface area contributed by atoms with Gasteiger partial charge in [-0.15, -0.1) is 0 Å². The number of H-pyrrole nitrogens is 2. The van der Waals surface area contributed by atoms with Crippen molar-refractivity contribution >= 4 is 32.4 Å². The van der Waals surface area contributed by atoms with E-state index in [1.165, 1.54) is 23.2 Å². The van der Waals surface area contributed by atoms with Gasteiger partial charge in [-0.2, -0.15) is 0 Å². The van der Waals surface area contributed by atoms with E-state index in [4.69, 9.17) is 0 Å². The van der Waals surface area contributed by atoms with Gasteiger partial charge in [0.05, 0.1) is 21.6 Å². The van der Waals surface area contributed by atoms with E-state index in [2.05, 4.69) is 20.9 Å². The molecule has 0 amide bonds. The van der Waals surface area contributed by atoms with Gasteiger partial charge in [0.25, 0.3) is 10.0 Å². The van der Waals surface area contributed by atoms with E-state index < -0.39 is 10.0 Å². The van der Waals surface area contributed by atoms with Gasteiger partial charge in [0, 0.05) is 25.3 Å². The Morgan fingerprint density at radius 2 is 1.67 bits per heavy atom. The molecule has 0 unspecified atom stereocenters. The number of hydrogen-bond acceptors (Lipinski definition) is 4. The standard InChI is InChI=1S/C19H20N4O3S/c24-19-20-16-6-5-15(12-17(16)21-19)27(25,26)23-10-7-13-3-4-14(11-18(13)23)22-8-1-2-9-22/h3-6,11-12H,1-2,7-10H2,(H2,20,21,24). The zero-order chi connectivity index (χ0) is 18.6. The van der Waals surface area contributed by atoms with Crippen molar-refractivity contribution in [3.63, 3.8) is 0 Å². The normalized spacial score (nSPS) is 17.0. The summed E-state index contributed by atoms with van der Waals surface area (Å²) >= 11 is 0. The molecule has 2 aliphatic heterocycles. The van der Waals surface area contributed by atoms with Crippen molar-refractivity contribution in [2.75, 3.05) is 28.8 Å². The van der Waals surface area contributed by atoms with E-state index in [0.717, 1.165) is 30.0 Å². The van der Waals surface area contributed by atoms with Gasteiger partial charge in [-0.25, -0.2) is 13.2 Å². The Labute approximate surface area is 156 Å². The molecule has 0 aliphatic carbocycles. The first-order chi connectivity index (χ1) is 13.0. The first-order valence-corrected chi connectivity index (χ1v) is 10.6. The molecule has 0 atom stereocenters. The van der Waals surface area contributed by atoms with Crippen LogP contribution in [0.4, 0.5) is 11.4 Å². The topological polar surface area (TPSA) is 89.3 Å². The van der Waals surface area contributed by atoms with Gasteiger partial charge in [-0.1, -0.05) is 6.07 Å². The smallest absolute Gasteiger partial charge is 0.323 e. The quantitative estimate of drug-likeness (QED) is 0.725. The lowest BCUT2D eigenvalue weighted by Gasteiger charge is -2.23. The first kappa shape index (κ1) is 16.4. The lowest BCUT2D eigenvalue weighted by atomic mass is 10.1. The molecule has 2 aromatic carbocycles. The number of sulfonamides is 1. The van der Waals surface area contributed by atoms with Gasteiger partial charge in [0.15, 0.2) is 0 Å². The lowest BCUT2D eigenvalue weighted by Crippen LogP contribution is -2.29. The third-order valence-corrected chi connectivity index (χ3v) is 7.28. The molecule has 0 radical (unpaired) electrons. The molecule has 7 nitrogen and oxygen atoms in total. The average molecular weight is 384 g/mol. The Bertz CT molecular complexity index is 1190. The summed E-state index contributed by atoms with van der Waals surface area (Å²) in [7, 11) is -3.70. The number of anilines is 2. The molecular formula is C19H20N4O3S. The maximum atomic E-state index is 13.3. The Balaban J connectivity index is 1.56. The van der Waals surface area contributed by atoms with Crippen molar-refractivity contribution in [2.45, 2.75) is 24.2 Å². The van der Waals surface area contributed by atoms with Gasteiger partial charge in [0.1, 0.15) is 0 Å². The SMILES string of the molecule is O=c1[nH]c2ccc(S(=O)(=O)N3CCc4ccc(N5CCCC5)cc43)cc2[nH]1. The number of rotatable bonds is 3.